The highest BCUT2D eigenvalue weighted by Gasteiger charge is 2.56. The normalized spacial score (nSPS) is 37.1. The molecule has 96 valence electrons. The first-order valence-electron chi connectivity index (χ1n) is 6.14. The number of hydrogen-bond donors (Lipinski definition) is 2. The molecule has 1 aliphatic carbocycles. The van der Waals surface area contributed by atoms with Gasteiger partial charge in [-0.25, -0.2) is 0 Å². The number of hydrogen-bond acceptors (Lipinski definition) is 4. The fraction of sp³-hybridized carbons (Fsp3) is 0.833. The van der Waals surface area contributed by atoms with Gasteiger partial charge in [-0.3, -0.25) is 9.59 Å². The van der Waals surface area contributed by atoms with E-state index in [1.165, 1.54) is 0 Å². The highest BCUT2D eigenvalue weighted by molar-refractivity contribution is 5.71. The lowest BCUT2D eigenvalue weighted by Gasteiger charge is -2.51. The van der Waals surface area contributed by atoms with Crippen LogP contribution in [0.5, 0.6) is 0 Å². The molecule has 1 saturated carbocycles. The molecule has 0 aromatic heterocycles. The smallest absolute Gasteiger partial charge is 0.308 e. The van der Waals surface area contributed by atoms with E-state index in [1.54, 1.807) is 0 Å². The molecule has 0 bridgehead atoms. The third-order valence-electron chi connectivity index (χ3n) is 4.16. The van der Waals surface area contributed by atoms with E-state index in [0.717, 1.165) is 19.3 Å². The Morgan fingerprint density at radius 1 is 1.29 bits per heavy atom. The maximum absolute atomic E-state index is 11.3. The topological polar surface area (TPSA) is 83.8 Å². The lowest BCUT2D eigenvalue weighted by atomic mass is 9.63. The molecule has 17 heavy (non-hydrogen) atoms. The number of rotatable bonds is 3. The summed E-state index contributed by atoms with van der Waals surface area (Å²) in [6, 6.07) is 0. The fourth-order valence-electron chi connectivity index (χ4n) is 3.14. The fourth-order valence-corrected chi connectivity index (χ4v) is 3.14. The molecule has 1 saturated heterocycles. The second-order valence-corrected chi connectivity index (χ2v) is 5.14. The van der Waals surface area contributed by atoms with Crippen LogP contribution in [0.15, 0.2) is 0 Å². The van der Waals surface area contributed by atoms with Gasteiger partial charge in [0.2, 0.25) is 5.79 Å². The first kappa shape index (κ1) is 12.4. The maximum atomic E-state index is 11.3. The molecule has 0 unspecified atom stereocenters. The molecule has 0 aromatic rings. The van der Waals surface area contributed by atoms with Gasteiger partial charge in [0.1, 0.15) is 0 Å². The minimum atomic E-state index is -1.43. The minimum Gasteiger partial charge on any atom is -0.481 e. The molecule has 0 aromatic carbocycles. The molecule has 0 spiro atoms. The summed E-state index contributed by atoms with van der Waals surface area (Å²) in [7, 11) is 0. The molecule has 0 radical (unpaired) electrons. The maximum Gasteiger partial charge on any atom is 0.308 e. The number of carboxylic acid groups (broad SMARTS) is 1. The summed E-state index contributed by atoms with van der Waals surface area (Å²) in [6.45, 7) is 0. The van der Waals surface area contributed by atoms with Gasteiger partial charge in [-0.1, -0.05) is 6.42 Å². The van der Waals surface area contributed by atoms with Crippen LogP contribution in [0.3, 0.4) is 0 Å². The number of carbonyl (C=O) groups is 2. The molecule has 2 atom stereocenters. The van der Waals surface area contributed by atoms with Gasteiger partial charge in [-0.05, 0) is 25.7 Å². The van der Waals surface area contributed by atoms with Crippen LogP contribution in [-0.2, 0) is 14.3 Å². The quantitative estimate of drug-likeness (QED) is 0.731. The van der Waals surface area contributed by atoms with Crippen molar-refractivity contribution in [2.45, 2.75) is 57.2 Å². The monoisotopic (exact) mass is 242 g/mol. The Balaban J connectivity index is 2.19. The van der Waals surface area contributed by atoms with Crippen molar-refractivity contribution >= 4 is 11.9 Å². The zero-order chi connectivity index (χ0) is 12.5. The molecule has 1 heterocycles. The van der Waals surface area contributed by atoms with E-state index in [9.17, 15) is 14.7 Å². The highest BCUT2D eigenvalue weighted by atomic mass is 16.7. The molecule has 1 aliphatic heterocycles. The molecule has 2 N–H and O–H groups in total. The Morgan fingerprint density at radius 2 is 2.00 bits per heavy atom. The number of aliphatic hydroxyl groups is 1. The number of carboxylic acids is 1. The van der Waals surface area contributed by atoms with Gasteiger partial charge < -0.3 is 14.9 Å². The van der Waals surface area contributed by atoms with Crippen molar-refractivity contribution < 1.29 is 24.5 Å². The predicted molar refractivity (Wildman–Crippen MR) is 58.0 cm³/mol. The van der Waals surface area contributed by atoms with Gasteiger partial charge in [0, 0.05) is 24.7 Å². The molecule has 5 heteroatoms. The first-order valence-corrected chi connectivity index (χ1v) is 6.14. The molecule has 0 amide bonds. The van der Waals surface area contributed by atoms with E-state index in [0.29, 0.717) is 19.3 Å². The summed E-state index contributed by atoms with van der Waals surface area (Å²) in [5, 5.41) is 19.3. The summed E-state index contributed by atoms with van der Waals surface area (Å²) in [5.41, 5.74) is -0.544. The minimum absolute atomic E-state index is 0.0138. The lowest BCUT2D eigenvalue weighted by molar-refractivity contribution is -0.294. The molecule has 2 rings (SSSR count). The van der Waals surface area contributed by atoms with Gasteiger partial charge in [-0.2, -0.15) is 0 Å². The van der Waals surface area contributed by atoms with Crippen LogP contribution >= 0.6 is 0 Å². The average molecular weight is 242 g/mol. The summed E-state index contributed by atoms with van der Waals surface area (Å²) in [4.78, 5) is 22.0. The van der Waals surface area contributed by atoms with Gasteiger partial charge in [0.25, 0.3) is 0 Å². The van der Waals surface area contributed by atoms with Gasteiger partial charge >= 0.3 is 11.9 Å². The number of carbonyl (C=O) groups excluding carboxylic acids is 1. The van der Waals surface area contributed by atoms with Gasteiger partial charge in [0.15, 0.2) is 0 Å². The van der Waals surface area contributed by atoms with E-state index in [2.05, 4.69) is 0 Å². The highest BCUT2D eigenvalue weighted by Crippen LogP contribution is 2.53. The second-order valence-electron chi connectivity index (χ2n) is 5.14. The van der Waals surface area contributed by atoms with Crippen molar-refractivity contribution in [1.29, 1.82) is 0 Å². The van der Waals surface area contributed by atoms with E-state index in [1.807, 2.05) is 0 Å². The zero-order valence-electron chi connectivity index (χ0n) is 9.78. The number of esters is 1. The van der Waals surface area contributed by atoms with Crippen molar-refractivity contribution in [2.75, 3.05) is 0 Å². The molecule has 2 fully saturated rings. The van der Waals surface area contributed by atoms with E-state index < -0.39 is 17.2 Å². The van der Waals surface area contributed by atoms with Crippen LogP contribution in [-0.4, -0.2) is 27.9 Å². The number of aliphatic carboxylic acids is 1. The van der Waals surface area contributed by atoms with Crippen LogP contribution in [0, 0.1) is 5.41 Å². The Labute approximate surface area is 99.8 Å². The summed E-state index contributed by atoms with van der Waals surface area (Å²) >= 11 is 0. The number of fused-ring (bicyclic) bond motifs is 1. The second kappa shape index (κ2) is 4.29. The summed E-state index contributed by atoms with van der Waals surface area (Å²) in [5.74, 6) is -2.68. The van der Waals surface area contributed by atoms with E-state index >= 15 is 0 Å². The molecule has 5 nitrogen and oxygen atoms in total. The van der Waals surface area contributed by atoms with Gasteiger partial charge in [0.05, 0.1) is 0 Å². The summed E-state index contributed by atoms with van der Waals surface area (Å²) < 4.78 is 5.14. The largest absolute Gasteiger partial charge is 0.481 e. The van der Waals surface area contributed by atoms with Crippen LogP contribution < -0.4 is 0 Å². The molecular weight excluding hydrogens is 224 g/mol. The molecule has 2 aliphatic rings. The SMILES string of the molecule is O=C(O)CC[C@@]12CCCC[C@@]1(O)OC(=O)CC2. The van der Waals surface area contributed by atoms with E-state index in [-0.39, 0.29) is 18.8 Å². The Morgan fingerprint density at radius 3 is 2.71 bits per heavy atom. The Kier molecular flexibility index (Phi) is 3.12. The van der Waals surface area contributed by atoms with Crippen molar-refractivity contribution in [3.8, 4) is 0 Å². The predicted octanol–water partition coefficient (Wildman–Crippen LogP) is 1.44. The first-order chi connectivity index (χ1) is 7.97. The third-order valence-corrected chi connectivity index (χ3v) is 4.16. The summed E-state index contributed by atoms with van der Waals surface area (Å²) in [6.07, 6.45) is 4.16. The number of ether oxygens (including phenoxy) is 1. The van der Waals surface area contributed by atoms with Crippen LogP contribution in [0.4, 0.5) is 0 Å². The van der Waals surface area contributed by atoms with Crippen molar-refractivity contribution in [1.82, 2.24) is 0 Å². The average Bonchev–Trinajstić information content (AvgIpc) is 2.26. The zero-order valence-corrected chi connectivity index (χ0v) is 9.78. The standard InChI is InChI=1S/C12H18O5/c13-9(14)3-7-11-5-1-2-6-12(11,16)17-10(15)4-8-11/h16H,1-8H2,(H,13,14)/t11-,12-/m1/s1. The van der Waals surface area contributed by atoms with Crippen LogP contribution in [0.25, 0.3) is 0 Å². The van der Waals surface area contributed by atoms with Gasteiger partial charge in [-0.15, -0.1) is 0 Å². The van der Waals surface area contributed by atoms with Crippen LogP contribution in [0.1, 0.15) is 51.4 Å². The van der Waals surface area contributed by atoms with Crippen molar-refractivity contribution in [3.63, 3.8) is 0 Å². The van der Waals surface area contributed by atoms with Crippen molar-refractivity contribution in [3.05, 3.63) is 0 Å². The third kappa shape index (κ3) is 2.16. The van der Waals surface area contributed by atoms with E-state index in [4.69, 9.17) is 9.84 Å². The molecular formula is C12H18O5. The van der Waals surface area contributed by atoms with Crippen LogP contribution in [0.2, 0.25) is 0 Å². The lowest BCUT2D eigenvalue weighted by Crippen LogP contribution is -2.56. The Hall–Kier alpha value is -1.10. The van der Waals surface area contributed by atoms with Crippen molar-refractivity contribution in [2.24, 2.45) is 5.41 Å². The Bertz CT molecular complexity index is 340.